The molecule has 20 heavy (non-hydrogen) atoms. The minimum Gasteiger partial charge on any atom is -0.484 e. The average molecular weight is 355 g/mol. The normalized spacial score (nSPS) is 13.8. The fourth-order valence-corrected chi connectivity index (χ4v) is 2.49. The van der Waals surface area contributed by atoms with E-state index >= 15 is 0 Å². The average Bonchev–Trinajstić information content (AvgIpc) is 2.41. The Bertz CT molecular complexity index is 601. The lowest BCUT2D eigenvalue weighted by Gasteiger charge is -2.24. The van der Waals surface area contributed by atoms with Gasteiger partial charge in [-0.1, -0.05) is 45.7 Å². The molecule has 4 heteroatoms. The molecule has 0 radical (unpaired) electrons. The standard InChI is InChI=1S/C16H17BrClNO/c1-10-9-12(7-8-14(10)17)20-16(11(2)19)13-5-3-4-6-15(13)18/h3-9,11,16H,19H2,1-2H3. The van der Waals surface area contributed by atoms with Crippen molar-refractivity contribution < 1.29 is 4.74 Å². The number of halogens is 2. The van der Waals surface area contributed by atoms with E-state index in [0.717, 1.165) is 21.3 Å². The second kappa shape index (κ2) is 6.61. The highest BCUT2D eigenvalue weighted by molar-refractivity contribution is 9.10. The molecular weight excluding hydrogens is 338 g/mol. The number of hydrogen-bond acceptors (Lipinski definition) is 2. The SMILES string of the molecule is Cc1cc(OC(c2ccccc2Cl)C(C)N)ccc1Br. The molecule has 0 aromatic heterocycles. The van der Waals surface area contributed by atoms with Gasteiger partial charge < -0.3 is 10.5 Å². The van der Waals surface area contributed by atoms with Crippen molar-refractivity contribution in [1.82, 2.24) is 0 Å². The lowest BCUT2D eigenvalue weighted by molar-refractivity contribution is 0.180. The topological polar surface area (TPSA) is 35.2 Å². The summed E-state index contributed by atoms with van der Waals surface area (Å²) in [4.78, 5) is 0. The molecule has 0 aliphatic rings. The minimum absolute atomic E-state index is 0.168. The third-order valence-electron chi connectivity index (χ3n) is 3.08. The summed E-state index contributed by atoms with van der Waals surface area (Å²) in [5, 5.41) is 0.670. The summed E-state index contributed by atoms with van der Waals surface area (Å²) >= 11 is 9.72. The van der Waals surface area contributed by atoms with Gasteiger partial charge in [0.15, 0.2) is 0 Å². The van der Waals surface area contributed by atoms with Crippen molar-refractivity contribution in [2.45, 2.75) is 26.0 Å². The molecule has 0 saturated carbocycles. The van der Waals surface area contributed by atoms with E-state index in [0.29, 0.717) is 5.02 Å². The Balaban J connectivity index is 2.31. The summed E-state index contributed by atoms with van der Waals surface area (Å²) in [5.41, 5.74) is 8.08. The van der Waals surface area contributed by atoms with Gasteiger partial charge in [-0.15, -0.1) is 0 Å². The molecule has 106 valence electrons. The van der Waals surface area contributed by atoms with Crippen LogP contribution < -0.4 is 10.5 Å². The molecule has 0 aliphatic heterocycles. The van der Waals surface area contributed by atoms with E-state index in [2.05, 4.69) is 15.9 Å². The fraction of sp³-hybridized carbons (Fsp3) is 0.250. The molecule has 2 nitrogen and oxygen atoms in total. The first-order chi connectivity index (χ1) is 9.49. The highest BCUT2D eigenvalue weighted by Gasteiger charge is 2.20. The maximum Gasteiger partial charge on any atom is 0.140 e. The Labute approximate surface area is 133 Å². The monoisotopic (exact) mass is 353 g/mol. The molecule has 0 amide bonds. The van der Waals surface area contributed by atoms with Crippen molar-refractivity contribution in [2.24, 2.45) is 5.73 Å². The smallest absolute Gasteiger partial charge is 0.140 e. The first-order valence-electron chi connectivity index (χ1n) is 6.42. The Morgan fingerprint density at radius 2 is 1.90 bits per heavy atom. The van der Waals surface area contributed by atoms with E-state index in [1.54, 1.807) is 0 Å². The van der Waals surface area contributed by atoms with Gasteiger partial charge in [-0.3, -0.25) is 0 Å². The number of aryl methyl sites for hydroxylation is 1. The van der Waals surface area contributed by atoms with Crippen LogP contribution in [0.2, 0.25) is 5.02 Å². The zero-order chi connectivity index (χ0) is 14.7. The maximum atomic E-state index is 6.24. The van der Waals surface area contributed by atoms with Gasteiger partial charge in [0, 0.05) is 21.1 Å². The van der Waals surface area contributed by atoms with Crippen molar-refractivity contribution in [3.63, 3.8) is 0 Å². The van der Waals surface area contributed by atoms with Crippen LogP contribution in [0.5, 0.6) is 5.75 Å². The fourth-order valence-electron chi connectivity index (χ4n) is 2.00. The maximum absolute atomic E-state index is 6.24. The third-order valence-corrected chi connectivity index (χ3v) is 4.32. The summed E-state index contributed by atoms with van der Waals surface area (Å²) in [6.45, 7) is 3.94. The van der Waals surface area contributed by atoms with Crippen LogP contribution in [0.25, 0.3) is 0 Å². The van der Waals surface area contributed by atoms with Crippen molar-refractivity contribution in [2.75, 3.05) is 0 Å². The molecule has 2 N–H and O–H groups in total. The first kappa shape index (κ1) is 15.4. The molecule has 0 bridgehead atoms. The predicted molar refractivity (Wildman–Crippen MR) is 87.3 cm³/mol. The Morgan fingerprint density at radius 1 is 1.20 bits per heavy atom. The highest BCUT2D eigenvalue weighted by Crippen LogP contribution is 2.30. The van der Waals surface area contributed by atoms with Gasteiger partial charge in [0.2, 0.25) is 0 Å². The van der Waals surface area contributed by atoms with E-state index in [1.165, 1.54) is 0 Å². The van der Waals surface area contributed by atoms with Gasteiger partial charge in [0.05, 0.1) is 0 Å². The van der Waals surface area contributed by atoms with Crippen LogP contribution >= 0.6 is 27.5 Å². The van der Waals surface area contributed by atoms with Crippen molar-refractivity contribution in [3.8, 4) is 5.75 Å². The van der Waals surface area contributed by atoms with E-state index in [9.17, 15) is 0 Å². The van der Waals surface area contributed by atoms with E-state index in [4.69, 9.17) is 22.1 Å². The first-order valence-corrected chi connectivity index (χ1v) is 7.59. The highest BCUT2D eigenvalue weighted by atomic mass is 79.9. The lowest BCUT2D eigenvalue weighted by Crippen LogP contribution is -2.29. The Hall–Kier alpha value is -1.03. The molecule has 2 atom stereocenters. The zero-order valence-electron chi connectivity index (χ0n) is 11.4. The number of nitrogens with two attached hydrogens (primary N) is 1. The third kappa shape index (κ3) is 3.54. The van der Waals surface area contributed by atoms with Gasteiger partial charge >= 0.3 is 0 Å². The van der Waals surface area contributed by atoms with Gasteiger partial charge in [0.1, 0.15) is 11.9 Å². The van der Waals surface area contributed by atoms with E-state index in [1.807, 2.05) is 56.3 Å². The second-order valence-electron chi connectivity index (χ2n) is 4.83. The summed E-state index contributed by atoms with van der Waals surface area (Å²) in [7, 11) is 0. The van der Waals surface area contributed by atoms with Crippen LogP contribution in [0, 0.1) is 6.92 Å². The van der Waals surface area contributed by atoms with Gasteiger partial charge in [-0.25, -0.2) is 0 Å². The van der Waals surface area contributed by atoms with Gasteiger partial charge in [0.25, 0.3) is 0 Å². The van der Waals surface area contributed by atoms with Crippen LogP contribution in [-0.4, -0.2) is 6.04 Å². The van der Waals surface area contributed by atoms with Crippen LogP contribution in [0.15, 0.2) is 46.9 Å². The van der Waals surface area contributed by atoms with E-state index in [-0.39, 0.29) is 12.1 Å². The molecule has 2 rings (SSSR count). The van der Waals surface area contributed by atoms with Crippen molar-refractivity contribution in [1.29, 1.82) is 0 Å². The summed E-state index contributed by atoms with van der Waals surface area (Å²) in [5.74, 6) is 0.785. The molecule has 0 heterocycles. The molecular formula is C16H17BrClNO. The zero-order valence-corrected chi connectivity index (χ0v) is 13.8. The molecule has 2 aromatic carbocycles. The van der Waals surface area contributed by atoms with Crippen LogP contribution in [-0.2, 0) is 0 Å². The Kier molecular flexibility index (Phi) is 5.08. The van der Waals surface area contributed by atoms with Crippen LogP contribution in [0.4, 0.5) is 0 Å². The summed E-state index contributed by atoms with van der Waals surface area (Å²) in [6, 6.07) is 13.3. The molecule has 0 saturated heterocycles. The molecule has 2 unspecified atom stereocenters. The van der Waals surface area contributed by atoms with Crippen LogP contribution in [0.1, 0.15) is 24.2 Å². The minimum atomic E-state index is -0.274. The van der Waals surface area contributed by atoms with Gasteiger partial charge in [-0.2, -0.15) is 0 Å². The summed E-state index contributed by atoms with van der Waals surface area (Å²) < 4.78 is 7.10. The summed E-state index contributed by atoms with van der Waals surface area (Å²) in [6.07, 6.45) is -0.274. The van der Waals surface area contributed by atoms with Gasteiger partial charge in [-0.05, 0) is 43.7 Å². The largest absolute Gasteiger partial charge is 0.484 e. The van der Waals surface area contributed by atoms with Crippen LogP contribution in [0.3, 0.4) is 0 Å². The lowest BCUT2D eigenvalue weighted by atomic mass is 10.0. The number of rotatable bonds is 4. The van der Waals surface area contributed by atoms with Crippen molar-refractivity contribution in [3.05, 3.63) is 63.1 Å². The molecule has 0 aliphatic carbocycles. The number of hydrogen-bond donors (Lipinski definition) is 1. The quantitative estimate of drug-likeness (QED) is 0.849. The molecule has 0 fully saturated rings. The second-order valence-corrected chi connectivity index (χ2v) is 6.09. The molecule has 0 spiro atoms. The van der Waals surface area contributed by atoms with E-state index < -0.39 is 0 Å². The molecule has 2 aromatic rings. The van der Waals surface area contributed by atoms with Crippen molar-refractivity contribution >= 4 is 27.5 Å². The number of ether oxygens (including phenoxy) is 1. The predicted octanol–water partition coefficient (Wildman–Crippen LogP) is 4.88. The number of benzene rings is 2. The Morgan fingerprint density at radius 3 is 2.50 bits per heavy atom.